The van der Waals surface area contributed by atoms with Gasteiger partial charge in [0, 0.05) is 17.1 Å². The summed E-state index contributed by atoms with van der Waals surface area (Å²) in [7, 11) is 0. The molecule has 4 aromatic rings. The maximum atomic E-state index is 4.56. The summed E-state index contributed by atoms with van der Waals surface area (Å²) in [6.07, 6.45) is 1.85. The van der Waals surface area contributed by atoms with E-state index in [2.05, 4.69) is 39.7 Å². The summed E-state index contributed by atoms with van der Waals surface area (Å²) >= 11 is 1.54. The summed E-state index contributed by atoms with van der Waals surface area (Å²) < 4.78 is 1.15. The molecule has 0 aliphatic carbocycles. The van der Waals surface area contributed by atoms with E-state index in [0.717, 1.165) is 26.9 Å². The third-order valence-corrected chi connectivity index (χ3v) is 3.97. The van der Waals surface area contributed by atoms with Crippen LogP contribution in [0.25, 0.3) is 32.2 Å². The molecule has 2 aromatic carbocycles. The van der Waals surface area contributed by atoms with Crippen LogP contribution in [0.1, 0.15) is 0 Å². The van der Waals surface area contributed by atoms with Crippen LogP contribution < -0.4 is 0 Å². The molecule has 3 heteroatoms. The van der Waals surface area contributed by atoms with E-state index in [1.54, 1.807) is 0 Å². The van der Waals surface area contributed by atoms with Crippen LogP contribution in [-0.4, -0.2) is 9.97 Å². The van der Waals surface area contributed by atoms with Crippen molar-refractivity contribution in [2.24, 2.45) is 0 Å². The van der Waals surface area contributed by atoms with Crippen LogP contribution in [0, 0.1) is 5.51 Å². The summed E-state index contributed by atoms with van der Waals surface area (Å²) in [5.41, 5.74) is 6.01. The van der Waals surface area contributed by atoms with Crippen molar-refractivity contribution < 1.29 is 0 Å². The van der Waals surface area contributed by atoms with Crippen molar-refractivity contribution in [3.8, 4) is 11.3 Å². The Labute approximate surface area is 114 Å². The fourth-order valence-electron chi connectivity index (χ4n) is 2.36. The van der Waals surface area contributed by atoms with Gasteiger partial charge in [0.05, 0.1) is 15.9 Å². The molecule has 0 spiro atoms. The molecule has 0 amide bonds. The van der Waals surface area contributed by atoms with E-state index in [1.807, 2.05) is 30.5 Å². The van der Waals surface area contributed by atoms with Crippen molar-refractivity contribution in [3.63, 3.8) is 0 Å². The first-order chi connectivity index (χ1) is 9.43. The largest absolute Gasteiger partial charge is 0.256 e. The van der Waals surface area contributed by atoms with Gasteiger partial charge in [0.2, 0.25) is 0 Å². The van der Waals surface area contributed by atoms with Gasteiger partial charge in [0.1, 0.15) is 0 Å². The number of aromatic nitrogens is 2. The standard InChI is InChI=1S/C16H9N2S/c1-2-5-12-11(4-1)8-9-17-15(12)13-6-3-7-14-16(13)18-10-19-14/h1-9H. The molecule has 0 saturated heterocycles. The smallest absolute Gasteiger partial charge is 0.153 e. The minimum atomic E-state index is 0.983. The van der Waals surface area contributed by atoms with E-state index in [1.165, 1.54) is 16.7 Å². The van der Waals surface area contributed by atoms with Crippen LogP contribution in [0.2, 0.25) is 0 Å². The van der Waals surface area contributed by atoms with Crippen LogP contribution in [-0.2, 0) is 0 Å². The molecule has 0 fully saturated rings. The number of nitrogens with zero attached hydrogens (tertiary/aromatic N) is 2. The van der Waals surface area contributed by atoms with Crippen molar-refractivity contribution in [2.45, 2.75) is 0 Å². The van der Waals surface area contributed by atoms with Crippen LogP contribution in [0.4, 0.5) is 0 Å². The normalized spacial score (nSPS) is 11.2. The summed E-state index contributed by atoms with van der Waals surface area (Å²) in [6, 6.07) is 16.5. The average molecular weight is 261 g/mol. The quantitative estimate of drug-likeness (QED) is 0.510. The lowest BCUT2D eigenvalue weighted by atomic mass is 10.0. The van der Waals surface area contributed by atoms with Gasteiger partial charge in [-0.3, -0.25) is 4.98 Å². The Hall–Kier alpha value is -2.26. The molecule has 0 atom stereocenters. The third kappa shape index (κ3) is 1.63. The summed E-state index contributed by atoms with van der Waals surface area (Å²) in [6.45, 7) is 0. The first-order valence-corrected chi connectivity index (χ1v) is 6.85. The fraction of sp³-hybridized carbons (Fsp3) is 0. The second kappa shape index (κ2) is 4.14. The van der Waals surface area contributed by atoms with Crippen molar-refractivity contribution in [1.82, 2.24) is 9.97 Å². The Morgan fingerprint density at radius 1 is 0.947 bits per heavy atom. The number of hydrogen-bond acceptors (Lipinski definition) is 3. The zero-order valence-corrected chi connectivity index (χ0v) is 10.8. The molecule has 19 heavy (non-hydrogen) atoms. The van der Waals surface area contributed by atoms with Gasteiger partial charge in [0.15, 0.2) is 5.51 Å². The van der Waals surface area contributed by atoms with Crippen molar-refractivity contribution in [3.05, 3.63) is 60.2 Å². The molecule has 0 unspecified atom stereocenters. The van der Waals surface area contributed by atoms with E-state index >= 15 is 0 Å². The highest BCUT2D eigenvalue weighted by atomic mass is 32.1. The molecule has 2 nitrogen and oxygen atoms in total. The molecule has 0 N–H and O–H groups in total. The van der Waals surface area contributed by atoms with E-state index in [0.29, 0.717) is 0 Å². The lowest BCUT2D eigenvalue weighted by molar-refractivity contribution is 1.35. The molecule has 2 heterocycles. The number of pyridine rings is 1. The lowest BCUT2D eigenvalue weighted by Crippen LogP contribution is -1.87. The van der Waals surface area contributed by atoms with Gasteiger partial charge in [-0.05, 0) is 17.5 Å². The number of rotatable bonds is 1. The zero-order valence-electron chi connectivity index (χ0n) is 10.00. The minimum absolute atomic E-state index is 0.983. The Balaban J connectivity index is 2.12. The molecule has 0 aliphatic heterocycles. The number of fused-ring (bicyclic) bond motifs is 2. The Morgan fingerprint density at radius 3 is 2.89 bits per heavy atom. The number of hydrogen-bond donors (Lipinski definition) is 0. The molecule has 1 radical (unpaired) electrons. The van der Waals surface area contributed by atoms with Crippen LogP contribution in [0.3, 0.4) is 0 Å². The maximum Gasteiger partial charge on any atom is 0.153 e. The Morgan fingerprint density at radius 2 is 1.89 bits per heavy atom. The molecular formula is C16H9N2S. The first-order valence-electron chi connectivity index (χ1n) is 6.03. The van der Waals surface area contributed by atoms with Gasteiger partial charge < -0.3 is 0 Å². The average Bonchev–Trinajstić information content (AvgIpc) is 2.95. The molecule has 89 valence electrons. The van der Waals surface area contributed by atoms with Gasteiger partial charge in [-0.25, -0.2) is 4.98 Å². The zero-order chi connectivity index (χ0) is 12.7. The van der Waals surface area contributed by atoms with Crippen LogP contribution in [0.5, 0.6) is 0 Å². The van der Waals surface area contributed by atoms with Crippen molar-refractivity contribution in [2.75, 3.05) is 0 Å². The highest BCUT2D eigenvalue weighted by molar-refractivity contribution is 7.16. The highest BCUT2D eigenvalue weighted by Gasteiger charge is 2.10. The molecule has 0 aliphatic rings. The number of benzene rings is 2. The van der Waals surface area contributed by atoms with Crippen LogP contribution >= 0.6 is 11.3 Å². The first kappa shape index (κ1) is 10.6. The SMILES string of the molecule is [c]1nc2c(-c3nccc4ccccc34)cccc2s1. The Bertz CT molecular complexity index is 875. The van der Waals surface area contributed by atoms with Gasteiger partial charge in [0.25, 0.3) is 0 Å². The van der Waals surface area contributed by atoms with Crippen LogP contribution in [0.15, 0.2) is 54.7 Å². The molecule has 0 saturated carbocycles. The van der Waals surface area contributed by atoms with Crippen molar-refractivity contribution >= 4 is 32.3 Å². The van der Waals surface area contributed by atoms with E-state index < -0.39 is 0 Å². The second-order valence-electron chi connectivity index (χ2n) is 4.34. The topological polar surface area (TPSA) is 25.8 Å². The molecule has 4 rings (SSSR count). The predicted molar refractivity (Wildman–Crippen MR) is 79.2 cm³/mol. The molecular weight excluding hydrogens is 252 g/mol. The highest BCUT2D eigenvalue weighted by Crippen LogP contribution is 2.32. The predicted octanol–water partition coefficient (Wildman–Crippen LogP) is 4.31. The molecule has 0 bridgehead atoms. The molecule has 2 aromatic heterocycles. The summed E-state index contributed by atoms with van der Waals surface area (Å²) in [5, 5.41) is 2.36. The van der Waals surface area contributed by atoms with E-state index in [4.69, 9.17) is 0 Å². The summed E-state index contributed by atoms with van der Waals surface area (Å²) in [4.78, 5) is 8.91. The fourth-order valence-corrected chi connectivity index (χ4v) is 3.00. The van der Waals surface area contributed by atoms with E-state index in [-0.39, 0.29) is 0 Å². The van der Waals surface area contributed by atoms with Gasteiger partial charge in [-0.1, -0.05) is 36.4 Å². The van der Waals surface area contributed by atoms with Gasteiger partial charge in [-0.2, -0.15) is 0 Å². The minimum Gasteiger partial charge on any atom is -0.256 e. The second-order valence-corrected chi connectivity index (χ2v) is 5.16. The number of thiazole rings is 1. The van der Waals surface area contributed by atoms with Crippen molar-refractivity contribution in [1.29, 1.82) is 0 Å². The lowest BCUT2D eigenvalue weighted by Gasteiger charge is -2.06. The van der Waals surface area contributed by atoms with Gasteiger partial charge >= 0.3 is 0 Å². The van der Waals surface area contributed by atoms with E-state index in [9.17, 15) is 0 Å². The maximum absolute atomic E-state index is 4.56. The number of para-hydroxylation sites is 1. The summed E-state index contributed by atoms with van der Waals surface area (Å²) in [5.74, 6) is 0. The Kier molecular flexibility index (Phi) is 2.32. The monoisotopic (exact) mass is 261 g/mol. The van der Waals surface area contributed by atoms with Gasteiger partial charge in [-0.15, -0.1) is 11.3 Å². The third-order valence-electron chi connectivity index (χ3n) is 3.24.